The first-order chi connectivity index (χ1) is 34.2. The van der Waals surface area contributed by atoms with E-state index in [4.69, 9.17) is 20.9 Å². The summed E-state index contributed by atoms with van der Waals surface area (Å²) < 4.78 is 11.6. The first-order valence-corrected chi connectivity index (χ1v) is 26.5. The highest BCUT2D eigenvalue weighted by atomic mass is 16.5. The number of aliphatic hydroxyl groups is 2. The van der Waals surface area contributed by atoms with Gasteiger partial charge in [-0.25, -0.2) is 0 Å². The lowest BCUT2D eigenvalue weighted by molar-refractivity contribution is -0.230. The van der Waals surface area contributed by atoms with Crippen LogP contribution < -0.4 is 20.9 Å². The largest absolute Gasteiger partial charge is 0.426 e. The molecule has 0 bridgehead atoms. The molecule has 10 heteroatoms. The smallest absolute Gasteiger partial charge is 0.314 e. The zero-order chi connectivity index (χ0) is 50.6. The van der Waals surface area contributed by atoms with E-state index in [1.165, 1.54) is 76.4 Å². The Balaban J connectivity index is 1.13. The lowest BCUT2D eigenvalue weighted by Crippen LogP contribution is -2.57. The van der Waals surface area contributed by atoms with E-state index in [-0.39, 0.29) is 36.6 Å². The van der Waals surface area contributed by atoms with Gasteiger partial charge in [-0.1, -0.05) is 139 Å². The van der Waals surface area contributed by atoms with E-state index in [2.05, 4.69) is 13.8 Å². The zero-order valence-electron chi connectivity index (χ0n) is 42.2. The SMILES string of the molecule is CCCCCCC1CCC(C(=O)Oc2ccc(/C=C/C(=O)CC(Cc3ccc(N)cc3)(Cc3ccc(N)cc3)C(O)(O)C(=O)/C=C/c3ccc(OC(=O)C4CCC(CCCCCC)CC4)cc3)cc2)CC1. The zero-order valence-corrected chi connectivity index (χ0v) is 42.2. The first kappa shape index (κ1) is 54.5. The van der Waals surface area contributed by atoms with Gasteiger partial charge in [0.05, 0.1) is 11.8 Å². The van der Waals surface area contributed by atoms with Crippen molar-refractivity contribution < 1.29 is 38.9 Å². The molecule has 0 aliphatic heterocycles. The van der Waals surface area contributed by atoms with Gasteiger partial charge in [0.2, 0.25) is 11.6 Å². The molecule has 4 aromatic rings. The van der Waals surface area contributed by atoms with Crippen molar-refractivity contribution in [2.45, 2.75) is 154 Å². The van der Waals surface area contributed by atoms with Crippen molar-refractivity contribution >= 4 is 47.0 Å². The molecule has 2 aliphatic rings. The Morgan fingerprint density at radius 2 is 0.930 bits per heavy atom. The molecular weight excluding hydrogens is 889 g/mol. The second kappa shape index (κ2) is 27.1. The third kappa shape index (κ3) is 16.6. The lowest BCUT2D eigenvalue weighted by atomic mass is 9.65. The summed E-state index contributed by atoms with van der Waals surface area (Å²) in [6, 6.07) is 27.3. The Labute approximate surface area is 422 Å². The molecule has 2 aliphatic carbocycles. The van der Waals surface area contributed by atoms with E-state index in [0.29, 0.717) is 57.0 Å². The minimum Gasteiger partial charge on any atom is -0.426 e. The van der Waals surface area contributed by atoms with Crippen LogP contribution in [-0.2, 0) is 32.0 Å². The number of carbonyl (C=O) groups excluding carboxylic acids is 4. The molecule has 0 radical (unpaired) electrons. The predicted octanol–water partition coefficient (Wildman–Crippen LogP) is 12.6. The summed E-state index contributed by atoms with van der Waals surface area (Å²) in [6.45, 7) is 4.44. The number of esters is 2. The number of anilines is 2. The van der Waals surface area contributed by atoms with E-state index in [0.717, 1.165) is 57.4 Å². The predicted molar refractivity (Wildman–Crippen MR) is 284 cm³/mol. The molecule has 10 nitrogen and oxygen atoms in total. The number of nitrogen functional groups attached to an aromatic ring is 2. The summed E-state index contributed by atoms with van der Waals surface area (Å²) in [7, 11) is 0. The summed E-state index contributed by atoms with van der Waals surface area (Å²) in [5, 5.41) is 24.6. The molecule has 0 amide bonds. The summed E-state index contributed by atoms with van der Waals surface area (Å²) in [4.78, 5) is 54.6. The third-order valence-electron chi connectivity index (χ3n) is 15.0. The van der Waals surface area contributed by atoms with Crippen molar-refractivity contribution in [1.82, 2.24) is 0 Å². The van der Waals surface area contributed by atoms with Gasteiger partial charge < -0.3 is 31.2 Å². The highest BCUT2D eigenvalue weighted by molar-refractivity contribution is 6.01. The second-order valence-electron chi connectivity index (χ2n) is 20.6. The van der Waals surface area contributed by atoms with Crippen LogP contribution in [0.25, 0.3) is 12.2 Å². The monoisotopic (exact) mass is 967 g/mol. The Hall–Kier alpha value is -5.84. The van der Waals surface area contributed by atoms with Gasteiger partial charge in [0.15, 0.2) is 5.78 Å². The number of nitrogens with two attached hydrogens (primary N) is 2. The molecular formula is C61H78N2O8. The average Bonchev–Trinajstić information content (AvgIpc) is 3.37. The van der Waals surface area contributed by atoms with Gasteiger partial charge >= 0.3 is 11.9 Å². The quantitative estimate of drug-likeness (QED) is 0.0118. The molecule has 2 fully saturated rings. The number of rotatable bonds is 26. The van der Waals surface area contributed by atoms with E-state index in [1.807, 2.05) is 0 Å². The van der Waals surface area contributed by atoms with Crippen molar-refractivity contribution in [2.24, 2.45) is 29.1 Å². The molecule has 0 unspecified atom stereocenters. The Kier molecular flexibility index (Phi) is 20.8. The Morgan fingerprint density at radius 1 is 0.535 bits per heavy atom. The van der Waals surface area contributed by atoms with Crippen molar-refractivity contribution in [3.8, 4) is 11.5 Å². The topological polar surface area (TPSA) is 179 Å². The van der Waals surface area contributed by atoms with Gasteiger partial charge in [-0.15, -0.1) is 0 Å². The number of hydrogen-bond acceptors (Lipinski definition) is 10. The molecule has 2 saturated carbocycles. The number of hydrogen-bond donors (Lipinski definition) is 4. The highest BCUT2D eigenvalue weighted by Gasteiger charge is 2.54. The van der Waals surface area contributed by atoms with Gasteiger partial charge in [0.25, 0.3) is 0 Å². The standard InChI is InChI=1S/C61H78N2O8/c1-3-5-7-9-11-44-13-27-50(28-14-44)58(66)70-55-36-22-46(23-37-55)21-35-54(64)43-60(41-48-17-31-52(62)32-18-48,42-49-19-33-53(63)34-20-49)61(68,69)57(65)40-26-47-24-38-56(39-25-47)71-59(67)51-29-15-45(16-30-51)12-10-8-6-4-2/h17-26,31-40,44-45,50-51,68-69H,3-16,27-30,41-43,62-63H2,1-2H3/b35-21+,40-26+. The molecule has 380 valence electrons. The normalized spacial score (nSPS) is 18.6. The lowest BCUT2D eigenvalue weighted by Gasteiger charge is -2.42. The maximum absolute atomic E-state index is 14.3. The van der Waals surface area contributed by atoms with Crippen molar-refractivity contribution in [2.75, 3.05) is 11.5 Å². The van der Waals surface area contributed by atoms with Crippen molar-refractivity contribution in [1.29, 1.82) is 0 Å². The Morgan fingerprint density at radius 3 is 1.32 bits per heavy atom. The highest BCUT2D eigenvalue weighted by Crippen LogP contribution is 2.43. The van der Waals surface area contributed by atoms with Crippen LogP contribution in [0, 0.1) is 29.1 Å². The number of unbranched alkanes of at least 4 members (excludes halogenated alkanes) is 6. The number of allylic oxidation sites excluding steroid dienone is 1. The van der Waals surface area contributed by atoms with Crippen LogP contribution in [0.15, 0.2) is 109 Å². The molecule has 6 N–H and O–H groups in total. The minimum atomic E-state index is -3.06. The minimum absolute atomic E-state index is 0.0782. The van der Waals surface area contributed by atoms with Gasteiger partial charge in [0.1, 0.15) is 11.5 Å². The molecule has 0 spiro atoms. The fourth-order valence-electron chi connectivity index (χ4n) is 10.5. The molecule has 4 aromatic carbocycles. The molecule has 0 heterocycles. The molecule has 0 aromatic heterocycles. The fraction of sp³-hybridized carbons (Fsp3) is 0.475. The van der Waals surface area contributed by atoms with Crippen molar-refractivity contribution in [3.63, 3.8) is 0 Å². The van der Waals surface area contributed by atoms with Crippen molar-refractivity contribution in [3.05, 3.63) is 131 Å². The van der Waals surface area contributed by atoms with E-state index in [1.54, 1.807) is 103 Å². The van der Waals surface area contributed by atoms with Crippen LogP contribution in [0.1, 0.15) is 158 Å². The number of ether oxygens (including phenoxy) is 2. The second-order valence-corrected chi connectivity index (χ2v) is 20.6. The summed E-state index contributed by atoms with van der Waals surface area (Å²) in [5.41, 5.74) is 13.8. The molecule has 0 saturated heterocycles. The van der Waals surface area contributed by atoms with Crippen LogP contribution >= 0.6 is 0 Å². The van der Waals surface area contributed by atoms with Gasteiger partial charge in [-0.2, -0.15) is 0 Å². The van der Waals surface area contributed by atoms with Crippen LogP contribution in [0.4, 0.5) is 11.4 Å². The van der Waals surface area contributed by atoms with Crippen LogP contribution in [0.5, 0.6) is 11.5 Å². The van der Waals surface area contributed by atoms with Crippen LogP contribution in [0.3, 0.4) is 0 Å². The summed E-state index contributed by atoms with van der Waals surface area (Å²) in [6.07, 6.45) is 25.1. The van der Waals surface area contributed by atoms with Gasteiger partial charge in [0, 0.05) is 23.2 Å². The van der Waals surface area contributed by atoms with Crippen LogP contribution in [0.2, 0.25) is 0 Å². The average molecular weight is 967 g/mol. The maximum Gasteiger partial charge on any atom is 0.314 e. The summed E-state index contributed by atoms with van der Waals surface area (Å²) >= 11 is 0. The van der Waals surface area contributed by atoms with Gasteiger partial charge in [-0.3, -0.25) is 19.2 Å². The Bertz CT molecular complexity index is 2310. The molecule has 71 heavy (non-hydrogen) atoms. The number of benzene rings is 4. The number of carbonyl (C=O) groups is 4. The van der Waals surface area contributed by atoms with E-state index >= 15 is 0 Å². The molecule has 0 atom stereocenters. The number of ketones is 2. The van der Waals surface area contributed by atoms with E-state index < -0.39 is 29.2 Å². The molecule has 6 rings (SSSR count). The third-order valence-corrected chi connectivity index (χ3v) is 15.0. The maximum atomic E-state index is 14.3. The van der Waals surface area contributed by atoms with Gasteiger partial charge in [-0.05, 0) is 159 Å². The van der Waals surface area contributed by atoms with Crippen LogP contribution in [-0.4, -0.2) is 39.5 Å². The van der Waals surface area contributed by atoms with E-state index in [9.17, 15) is 29.4 Å². The summed E-state index contributed by atoms with van der Waals surface area (Å²) in [5.74, 6) is -3.00. The first-order valence-electron chi connectivity index (χ1n) is 26.5. The fourth-order valence-corrected chi connectivity index (χ4v) is 10.5.